The van der Waals surface area contributed by atoms with Crippen molar-refractivity contribution in [2.75, 3.05) is 7.11 Å². The summed E-state index contributed by atoms with van der Waals surface area (Å²) >= 11 is 0. The minimum atomic E-state index is -1.29. The van der Waals surface area contributed by atoms with Gasteiger partial charge in [-0.25, -0.2) is 9.59 Å². The monoisotopic (exact) mass is 396 g/mol. The maximum absolute atomic E-state index is 12.7. The van der Waals surface area contributed by atoms with Crippen LogP contribution in [0.3, 0.4) is 0 Å². The lowest BCUT2D eigenvalue weighted by Gasteiger charge is -2.25. The van der Waals surface area contributed by atoms with Crippen molar-refractivity contribution in [3.05, 3.63) is 29.8 Å². The highest BCUT2D eigenvalue weighted by atomic mass is 16.6. The first-order valence-electron chi connectivity index (χ1n) is 8.76. The predicted molar refractivity (Wildman–Crippen MR) is 101 cm³/mol. The first-order chi connectivity index (χ1) is 12.9. The molecule has 1 aromatic rings. The highest BCUT2D eigenvalue weighted by Crippen LogP contribution is 2.13. The SMILES string of the molecule is COC(=O)[C@H](NC(=O)[C@@H](Cc1ccc(O)cc1)NC(=O)OC(C)(C)C)[C@H](C)O. The Kier molecular flexibility index (Phi) is 8.24. The van der Waals surface area contributed by atoms with E-state index in [4.69, 9.17) is 4.74 Å². The quantitative estimate of drug-likeness (QED) is 0.502. The van der Waals surface area contributed by atoms with Crippen LogP contribution in [0.2, 0.25) is 0 Å². The molecule has 156 valence electrons. The number of carbonyl (C=O) groups is 3. The van der Waals surface area contributed by atoms with Gasteiger partial charge in [0.15, 0.2) is 6.04 Å². The number of carbonyl (C=O) groups excluding carboxylic acids is 3. The first kappa shape index (κ1) is 23.2. The van der Waals surface area contributed by atoms with Crippen molar-refractivity contribution >= 4 is 18.0 Å². The van der Waals surface area contributed by atoms with Crippen molar-refractivity contribution in [2.45, 2.75) is 57.9 Å². The Morgan fingerprint density at radius 2 is 1.68 bits per heavy atom. The number of rotatable bonds is 7. The number of hydrogen-bond donors (Lipinski definition) is 4. The van der Waals surface area contributed by atoms with E-state index in [1.165, 1.54) is 19.1 Å². The van der Waals surface area contributed by atoms with Crippen LogP contribution in [0.25, 0.3) is 0 Å². The highest BCUT2D eigenvalue weighted by molar-refractivity contribution is 5.90. The van der Waals surface area contributed by atoms with Gasteiger partial charge in [0.2, 0.25) is 5.91 Å². The van der Waals surface area contributed by atoms with Crippen LogP contribution >= 0.6 is 0 Å². The summed E-state index contributed by atoms with van der Waals surface area (Å²) < 4.78 is 9.76. The van der Waals surface area contributed by atoms with Crippen LogP contribution < -0.4 is 10.6 Å². The van der Waals surface area contributed by atoms with Crippen LogP contribution in [0.5, 0.6) is 5.75 Å². The first-order valence-corrected chi connectivity index (χ1v) is 8.76. The molecule has 0 aromatic heterocycles. The molecule has 0 unspecified atom stereocenters. The Morgan fingerprint density at radius 1 is 1.11 bits per heavy atom. The molecule has 0 radical (unpaired) electrons. The molecule has 0 spiro atoms. The van der Waals surface area contributed by atoms with Gasteiger partial charge in [-0.15, -0.1) is 0 Å². The molecule has 2 amide bonds. The molecule has 0 aliphatic rings. The van der Waals surface area contributed by atoms with Gasteiger partial charge < -0.3 is 30.3 Å². The molecule has 3 atom stereocenters. The zero-order valence-electron chi connectivity index (χ0n) is 16.7. The average Bonchev–Trinajstić information content (AvgIpc) is 2.58. The van der Waals surface area contributed by atoms with Crippen LogP contribution in [0, 0.1) is 0 Å². The average molecular weight is 396 g/mol. The number of hydrogen-bond acceptors (Lipinski definition) is 7. The molecule has 9 nitrogen and oxygen atoms in total. The van der Waals surface area contributed by atoms with E-state index in [2.05, 4.69) is 15.4 Å². The molecule has 0 saturated carbocycles. The Morgan fingerprint density at radius 3 is 2.14 bits per heavy atom. The summed E-state index contributed by atoms with van der Waals surface area (Å²) in [4.78, 5) is 36.6. The summed E-state index contributed by atoms with van der Waals surface area (Å²) in [6.07, 6.45) is -1.94. The van der Waals surface area contributed by atoms with Crippen molar-refractivity contribution in [1.82, 2.24) is 10.6 Å². The fourth-order valence-electron chi connectivity index (χ4n) is 2.28. The third kappa shape index (κ3) is 7.83. The fourth-order valence-corrected chi connectivity index (χ4v) is 2.28. The van der Waals surface area contributed by atoms with Crippen molar-refractivity contribution in [2.24, 2.45) is 0 Å². The second-order valence-corrected chi connectivity index (χ2v) is 7.32. The van der Waals surface area contributed by atoms with Gasteiger partial charge in [0.25, 0.3) is 0 Å². The number of methoxy groups -OCH3 is 1. The fraction of sp³-hybridized carbons (Fsp3) is 0.526. The minimum Gasteiger partial charge on any atom is -0.508 e. The minimum absolute atomic E-state index is 0.0599. The number of aliphatic hydroxyl groups is 1. The number of phenolic OH excluding ortho intramolecular Hbond substituents is 1. The van der Waals surface area contributed by atoms with E-state index in [9.17, 15) is 24.6 Å². The van der Waals surface area contributed by atoms with Crippen LogP contribution in [0.15, 0.2) is 24.3 Å². The molecule has 4 N–H and O–H groups in total. The van der Waals surface area contributed by atoms with Gasteiger partial charge in [0.1, 0.15) is 17.4 Å². The summed E-state index contributed by atoms with van der Waals surface area (Å²) in [6, 6.07) is 3.71. The second kappa shape index (κ2) is 9.93. The molecule has 0 aliphatic heterocycles. The van der Waals surface area contributed by atoms with E-state index in [1.54, 1.807) is 32.9 Å². The van der Waals surface area contributed by atoms with Gasteiger partial charge in [-0.05, 0) is 45.4 Å². The number of aromatic hydroxyl groups is 1. The molecule has 0 aliphatic carbocycles. The van der Waals surface area contributed by atoms with Crippen molar-refractivity contribution in [1.29, 1.82) is 0 Å². The topological polar surface area (TPSA) is 134 Å². The zero-order valence-corrected chi connectivity index (χ0v) is 16.7. The molecule has 1 aromatic carbocycles. The zero-order chi connectivity index (χ0) is 21.5. The van der Waals surface area contributed by atoms with Crippen LogP contribution in [0.1, 0.15) is 33.3 Å². The molecule has 1 rings (SSSR count). The lowest BCUT2D eigenvalue weighted by atomic mass is 10.0. The molecule has 0 fully saturated rings. The van der Waals surface area contributed by atoms with Gasteiger partial charge in [-0.3, -0.25) is 4.79 Å². The van der Waals surface area contributed by atoms with E-state index in [0.29, 0.717) is 5.56 Å². The Labute approximate surface area is 164 Å². The van der Waals surface area contributed by atoms with Gasteiger partial charge in [0, 0.05) is 6.42 Å². The Balaban J connectivity index is 3.00. The largest absolute Gasteiger partial charge is 0.508 e. The lowest BCUT2D eigenvalue weighted by molar-refractivity contribution is -0.148. The number of nitrogens with one attached hydrogen (secondary N) is 2. The number of esters is 1. The van der Waals surface area contributed by atoms with Crippen LogP contribution in [-0.4, -0.2) is 59.1 Å². The van der Waals surface area contributed by atoms with E-state index in [0.717, 1.165) is 7.11 Å². The van der Waals surface area contributed by atoms with Crippen molar-refractivity contribution < 1.29 is 34.1 Å². The molecule has 28 heavy (non-hydrogen) atoms. The number of ether oxygens (including phenoxy) is 2. The number of aliphatic hydroxyl groups excluding tert-OH is 1. The van der Waals surface area contributed by atoms with Crippen LogP contribution in [-0.2, 0) is 25.5 Å². The van der Waals surface area contributed by atoms with E-state index in [1.807, 2.05) is 0 Å². The van der Waals surface area contributed by atoms with E-state index in [-0.39, 0.29) is 12.2 Å². The van der Waals surface area contributed by atoms with Gasteiger partial charge in [0.05, 0.1) is 13.2 Å². The lowest BCUT2D eigenvalue weighted by Crippen LogP contribution is -2.56. The normalized spacial score (nSPS) is 14.4. The maximum atomic E-state index is 12.7. The summed E-state index contributed by atoms with van der Waals surface area (Å²) in [5, 5.41) is 24.0. The van der Waals surface area contributed by atoms with Gasteiger partial charge >= 0.3 is 12.1 Å². The van der Waals surface area contributed by atoms with E-state index < -0.39 is 41.8 Å². The summed E-state index contributed by atoms with van der Waals surface area (Å²) in [5.74, 6) is -1.45. The Bertz CT molecular complexity index is 681. The highest BCUT2D eigenvalue weighted by Gasteiger charge is 2.31. The van der Waals surface area contributed by atoms with Gasteiger partial charge in [-0.2, -0.15) is 0 Å². The Hall–Kier alpha value is -2.81. The van der Waals surface area contributed by atoms with Crippen molar-refractivity contribution in [3.63, 3.8) is 0 Å². The number of amides is 2. The van der Waals surface area contributed by atoms with E-state index >= 15 is 0 Å². The standard InChI is InChI=1S/C19H28N2O7/c1-11(22)15(17(25)27-5)21-16(24)14(20-18(26)28-19(2,3)4)10-12-6-8-13(23)9-7-12/h6-9,11,14-15,22-23H,10H2,1-5H3,(H,20,26)(H,21,24)/t11-,14+,15+/m0/s1. The molecule has 9 heteroatoms. The number of phenols is 1. The third-order valence-electron chi connectivity index (χ3n) is 3.62. The second-order valence-electron chi connectivity index (χ2n) is 7.32. The molecule has 0 heterocycles. The third-order valence-corrected chi connectivity index (χ3v) is 3.62. The predicted octanol–water partition coefficient (Wildman–Crippen LogP) is 0.867. The molecular formula is C19H28N2O7. The van der Waals surface area contributed by atoms with Crippen LogP contribution in [0.4, 0.5) is 4.79 Å². The maximum Gasteiger partial charge on any atom is 0.408 e. The summed E-state index contributed by atoms with van der Waals surface area (Å²) in [5.41, 5.74) is -0.113. The summed E-state index contributed by atoms with van der Waals surface area (Å²) in [6.45, 7) is 6.38. The molecule has 0 saturated heterocycles. The number of alkyl carbamates (subject to hydrolysis) is 1. The smallest absolute Gasteiger partial charge is 0.408 e. The summed E-state index contributed by atoms with van der Waals surface area (Å²) in [7, 11) is 1.14. The molecule has 0 bridgehead atoms. The van der Waals surface area contributed by atoms with Gasteiger partial charge in [-0.1, -0.05) is 12.1 Å². The molecular weight excluding hydrogens is 368 g/mol. The number of benzene rings is 1. The van der Waals surface area contributed by atoms with Crippen molar-refractivity contribution in [3.8, 4) is 5.75 Å².